The molecule has 0 bridgehead atoms. The number of aromatic nitrogens is 1. The number of nitrogens with zero attached hydrogens (tertiary/aromatic N) is 3. The highest BCUT2D eigenvalue weighted by atomic mass is 16.6. The summed E-state index contributed by atoms with van der Waals surface area (Å²) < 4.78 is 10.8. The lowest BCUT2D eigenvalue weighted by atomic mass is 10.1. The summed E-state index contributed by atoms with van der Waals surface area (Å²) in [4.78, 5) is 47.1. The van der Waals surface area contributed by atoms with Gasteiger partial charge in [0.05, 0.1) is 11.4 Å². The summed E-state index contributed by atoms with van der Waals surface area (Å²) in [5.41, 5.74) is 3.91. The highest BCUT2D eigenvalue weighted by Crippen LogP contribution is 2.39. The zero-order valence-corrected chi connectivity index (χ0v) is 25.9. The van der Waals surface area contributed by atoms with E-state index in [-0.39, 0.29) is 17.5 Å². The molecule has 11 heteroatoms. The Kier molecular flexibility index (Phi) is 9.41. The van der Waals surface area contributed by atoms with E-state index < -0.39 is 11.7 Å². The quantitative estimate of drug-likeness (QED) is 0.274. The predicted molar refractivity (Wildman–Crippen MR) is 170 cm³/mol. The normalized spacial score (nSPS) is 15.1. The maximum absolute atomic E-state index is 13.2. The number of hydrogen-bond acceptors (Lipinski definition) is 8. The van der Waals surface area contributed by atoms with E-state index in [2.05, 4.69) is 55.9 Å². The molecule has 1 aliphatic heterocycles. The number of amides is 3. The topological polar surface area (TPSA) is 129 Å². The molecular formula is C33H42N6O5. The molecule has 44 heavy (non-hydrogen) atoms. The van der Waals surface area contributed by atoms with Crippen LogP contribution >= 0.6 is 0 Å². The van der Waals surface area contributed by atoms with Gasteiger partial charge in [0.1, 0.15) is 11.9 Å². The van der Waals surface area contributed by atoms with Crippen molar-refractivity contribution in [2.45, 2.75) is 58.5 Å². The Bertz CT molecular complexity index is 1480. The number of aryl methyl sites for hydroxylation is 1. The van der Waals surface area contributed by atoms with Gasteiger partial charge >= 0.3 is 6.09 Å². The fraction of sp³-hybridized carbons (Fsp3) is 0.455. The lowest BCUT2D eigenvalue weighted by Crippen LogP contribution is -2.47. The molecule has 3 amide bonds. The standard InChI is InChI=1S/C33H42N6O5/c1-22-8-5-6-9-27(22)38-16-18-39(19-17-38)28-13-12-24(29(40)34-14-7-15-35-32(42)44-33(2,3)4)20-25(28)36-30(41)26-21-43-31(37-26)23-10-11-23/h5-6,8-9,12-13,20-21,23H,7,10-11,14-19H2,1-4H3,(H,34,40)(H,35,42)(H,36,41). The molecule has 1 saturated carbocycles. The molecule has 0 spiro atoms. The molecule has 2 fully saturated rings. The number of anilines is 3. The van der Waals surface area contributed by atoms with Crippen LogP contribution in [-0.2, 0) is 4.74 Å². The van der Waals surface area contributed by atoms with Crippen LogP contribution in [0.25, 0.3) is 0 Å². The van der Waals surface area contributed by atoms with Crippen LogP contribution in [0.3, 0.4) is 0 Å². The van der Waals surface area contributed by atoms with Gasteiger partial charge < -0.3 is 34.9 Å². The second-order valence-electron chi connectivity index (χ2n) is 12.3. The molecule has 2 aromatic carbocycles. The number of hydrogen-bond donors (Lipinski definition) is 3. The van der Waals surface area contributed by atoms with E-state index in [1.165, 1.54) is 17.5 Å². The number of ether oxygens (including phenoxy) is 1. The molecule has 3 aromatic rings. The Hall–Kier alpha value is -4.54. The smallest absolute Gasteiger partial charge is 0.407 e. The van der Waals surface area contributed by atoms with Crippen LogP contribution in [0.5, 0.6) is 0 Å². The van der Waals surface area contributed by atoms with Crippen LogP contribution in [0.15, 0.2) is 53.1 Å². The number of carbonyl (C=O) groups excluding carboxylic acids is 3. The number of piperazine rings is 1. The molecular weight excluding hydrogens is 560 g/mol. The Morgan fingerprint density at radius 1 is 0.932 bits per heavy atom. The minimum atomic E-state index is -0.570. The van der Waals surface area contributed by atoms with Crippen LogP contribution in [0.1, 0.15) is 78.3 Å². The first-order chi connectivity index (χ1) is 21.1. The van der Waals surface area contributed by atoms with Crippen molar-refractivity contribution in [2.24, 2.45) is 0 Å². The van der Waals surface area contributed by atoms with E-state index in [1.807, 2.05) is 12.1 Å². The van der Waals surface area contributed by atoms with Crippen molar-refractivity contribution in [3.8, 4) is 0 Å². The second kappa shape index (κ2) is 13.4. The van der Waals surface area contributed by atoms with E-state index in [4.69, 9.17) is 9.15 Å². The van der Waals surface area contributed by atoms with E-state index in [0.29, 0.717) is 42.6 Å². The average Bonchev–Trinajstić information content (AvgIpc) is 3.72. The van der Waals surface area contributed by atoms with Gasteiger partial charge in [-0.1, -0.05) is 18.2 Å². The highest BCUT2D eigenvalue weighted by molar-refractivity contribution is 6.06. The first kappa shape index (κ1) is 30.9. The van der Waals surface area contributed by atoms with Crippen molar-refractivity contribution in [1.29, 1.82) is 0 Å². The van der Waals surface area contributed by atoms with Gasteiger partial charge in [-0.3, -0.25) is 9.59 Å². The Labute approximate surface area is 258 Å². The summed E-state index contributed by atoms with van der Waals surface area (Å²) in [5.74, 6) is 0.234. The first-order valence-electron chi connectivity index (χ1n) is 15.3. The fourth-order valence-electron chi connectivity index (χ4n) is 5.15. The lowest BCUT2D eigenvalue weighted by Gasteiger charge is -2.38. The molecule has 1 aliphatic carbocycles. The summed E-state index contributed by atoms with van der Waals surface area (Å²) >= 11 is 0. The van der Waals surface area contributed by atoms with Crippen LogP contribution in [0.4, 0.5) is 21.9 Å². The van der Waals surface area contributed by atoms with Crippen molar-refractivity contribution < 1.29 is 23.5 Å². The maximum Gasteiger partial charge on any atom is 0.407 e. The minimum Gasteiger partial charge on any atom is -0.448 e. The van der Waals surface area contributed by atoms with E-state index >= 15 is 0 Å². The van der Waals surface area contributed by atoms with Crippen molar-refractivity contribution in [1.82, 2.24) is 15.6 Å². The van der Waals surface area contributed by atoms with Crippen LogP contribution in [0, 0.1) is 6.92 Å². The second-order valence-corrected chi connectivity index (χ2v) is 12.3. The first-order valence-corrected chi connectivity index (χ1v) is 15.3. The van der Waals surface area contributed by atoms with E-state index in [1.54, 1.807) is 32.9 Å². The van der Waals surface area contributed by atoms with Crippen LogP contribution < -0.4 is 25.8 Å². The third kappa shape index (κ3) is 8.09. The molecule has 2 aliphatic rings. The van der Waals surface area contributed by atoms with Gasteiger partial charge in [-0.25, -0.2) is 9.78 Å². The summed E-state index contributed by atoms with van der Waals surface area (Å²) in [6.07, 6.45) is 3.48. The largest absolute Gasteiger partial charge is 0.448 e. The third-order valence-corrected chi connectivity index (χ3v) is 7.57. The third-order valence-electron chi connectivity index (χ3n) is 7.57. The van der Waals surface area contributed by atoms with Crippen molar-refractivity contribution in [2.75, 3.05) is 54.4 Å². The fourth-order valence-corrected chi connectivity index (χ4v) is 5.15. The number of oxazole rings is 1. The molecule has 3 N–H and O–H groups in total. The number of para-hydroxylation sites is 1. The zero-order chi connectivity index (χ0) is 31.3. The Morgan fingerprint density at radius 2 is 1.61 bits per heavy atom. The lowest BCUT2D eigenvalue weighted by molar-refractivity contribution is 0.0527. The number of nitrogens with one attached hydrogen (secondary N) is 3. The maximum atomic E-state index is 13.2. The van der Waals surface area contributed by atoms with Gasteiger partial charge in [0.15, 0.2) is 11.6 Å². The van der Waals surface area contributed by atoms with Crippen molar-refractivity contribution >= 4 is 35.0 Å². The summed E-state index contributed by atoms with van der Waals surface area (Å²) in [6.45, 7) is 11.4. The molecule has 5 rings (SSSR count). The van der Waals surface area contributed by atoms with Gasteiger partial charge in [0, 0.05) is 56.4 Å². The molecule has 234 valence electrons. The molecule has 1 aromatic heterocycles. The van der Waals surface area contributed by atoms with E-state index in [0.717, 1.165) is 44.7 Å². The van der Waals surface area contributed by atoms with Crippen molar-refractivity contribution in [3.05, 3.63) is 71.4 Å². The molecule has 0 radical (unpaired) electrons. The van der Waals surface area contributed by atoms with Gasteiger partial charge in [-0.2, -0.15) is 0 Å². The number of rotatable bonds is 10. The van der Waals surface area contributed by atoms with Gasteiger partial charge in [-0.15, -0.1) is 0 Å². The number of benzene rings is 2. The zero-order valence-electron chi connectivity index (χ0n) is 25.9. The molecule has 1 saturated heterocycles. The predicted octanol–water partition coefficient (Wildman–Crippen LogP) is 5.08. The molecule has 11 nitrogen and oxygen atoms in total. The van der Waals surface area contributed by atoms with Gasteiger partial charge in [0.25, 0.3) is 11.8 Å². The van der Waals surface area contributed by atoms with Crippen LogP contribution in [-0.4, -0.2) is 67.8 Å². The average molecular weight is 603 g/mol. The van der Waals surface area contributed by atoms with Gasteiger partial charge in [-0.05, 0) is 76.8 Å². The Balaban J connectivity index is 1.25. The summed E-state index contributed by atoms with van der Waals surface area (Å²) in [5, 5.41) is 8.58. The number of carbonyl (C=O) groups is 3. The molecule has 2 heterocycles. The minimum absolute atomic E-state index is 0.217. The summed E-state index contributed by atoms with van der Waals surface area (Å²) in [7, 11) is 0. The van der Waals surface area contributed by atoms with Crippen molar-refractivity contribution in [3.63, 3.8) is 0 Å². The summed E-state index contributed by atoms with van der Waals surface area (Å²) in [6, 6.07) is 13.7. The van der Waals surface area contributed by atoms with E-state index in [9.17, 15) is 14.4 Å². The SMILES string of the molecule is Cc1ccccc1N1CCN(c2ccc(C(=O)NCCCNC(=O)OC(C)(C)C)cc2NC(=O)c2coc(C3CC3)n2)CC1. The number of alkyl carbamates (subject to hydrolysis) is 1. The highest BCUT2D eigenvalue weighted by Gasteiger charge is 2.30. The monoisotopic (exact) mass is 602 g/mol. The van der Waals surface area contributed by atoms with Crippen LogP contribution in [0.2, 0.25) is 0 Å². The molecule has 0 atom stereocenters. The molecule has 0 unspecified atom stereocenters. The van der Waals surface area contributed by atoms with Gasteiger partial charge in [0.2, 0.25) is 0 Å². The Morgan fingerprint density at radius 3 is 2.30 bits per heavy atom.